The summed E-state index contributed by atoms with van der Waals surface area (Å²) in [4.78, 5) is 12.1. The number of hydrogen-bond acceptors (Lipinski definition) is 2. The van der Waals surface area contributed by atoms with Crippen LogP contribution in [-0.4, -0.2) is 12.5 Å². The van der Waals surface area contributed by atoms with Gasteiger partial charge in [-0.2, -0.15) is 0 Å². The second-order valence-electron chi connectivity index (χ2n) is 6.21. The van der Waals surface area contributed by atoms with E-state index >= 15 is 0 Å². The highest BCUT2D eigenvalue weighted by Crippen LogP contribution is 2.22. The largest absolute Gasteiger partial charge is 0.352 e. The SMILES string of the molecule is CCCCCC(C)(C)CNC(=O)c1ccc(CN)cc1. The number of hydrogen-bond donors (Lipinski definition) is 2. The fourth-order valence-electron chi connectivity index (χ4n) is 2.16. The van der Waals surface area contributed by atoms with E-state index < -0.39 is 0 Å². The van der Waals surface area contributed by atoms with Gasteiger partial charge in [0.25, 0.3) is 5.91 Å². The van der Waals surface area contributed by atoms with Crippen molar-refractivity contribution in [2.75, 3.05) is 6.54 Å². The molecule has 0 fully saturated rings. The van der Waals surface area contributed by atoms with Gasteiger partial charge in [-0.3, -0.25) is 4.79 Å². The Morgan fingerprint density at radius 3 is 2.40 bits per heavy atom. The van der Waals surface area contributed by atoms with E-state index in [0.717, 1.165) is 12.0 Å². The normalized spacial score (nSPS) is 11.4. The highest BCUT2D eigenvalue weighted by atomic mass is 16.1. The van der Waals surface area contributed by atoms with Gasteiger partial charge < -0.3 is 11.1 Å². The Balaban J connectivity index is 2.45. The Morgan fingerprint density at radius 2 is 1.85 bits per heavy atom. The van der Waals surface area contributed by atoms with Crippen LogP contribution in [0.5, 0.6) is 0 Å². The standard InChI is InChI=1S/C17H28N2O/c1-4-5-6-11-17(2,3)13-19-16(20)15-9-7-14(12-18)8-10-15/h7-10H,4-6,11-13,18H2,1-3H3,(H,19,20). The lowest BCUT2D eigenvalue weighted by atomic mass is 9.87. The summed E-state index contributed by atoms with van der Waals surface area (Å²) in [7, 11) is 0. The minimum atomic E-state index is -0.00265. The third kappa shape index (κ3) is 5.74. The first-order chi connectivity index (χ1) is 9.48. The molecule has 0 aliphatic rings. The summed E-state index contributed by atoms with van der Waals surface area (Å²) in [6, 6.07) is 7.48. The van der Waals surface area contributed by atoms with Crippen molar-refractivity contribution in [2.45, 2.75) is 53.0 Å². The van der Waals surface area contributed by atoms with Crippen molar-refractivity contribution in [3.05, 3.63) is 35.4 Å². The molecule has 1 amide bonds. The van der Waals surface area contributed by atoms with Gasteiger partial charge in [0.15, 0.2) is 0 Å². The third-order valence-corrected chi connectivity index (χ3v) is 3.64. The quantitative estimate of drug-likeness (QED) is 0.714. The van der Waals surface area contributed by atoms with E-state index in [-0.39, 0.29) is 11.3 Å². The molecule has 3 nitrogen and oxygen atoms in total. The van der Waals surface area contributed by atoms with E-state index in [1.807, 2.05) is 24.3 Å². The molecule has 112 valence electrons. The summed E-state index contributed by atoms with van der Waals surface area (Å²) in [6.45, 7) is 7.85. The fourth-order valence-corrected chi connectivity index (χ4v) is 2.16. The molecule has 1 aromatic rings. The highest BCUT2D eigenvalue weighted by molar-refractivity contribution is 5.94. The Kier molecular flexibility index (Phi) is 6.73. The van der Waals surface area contributed by atoms with Gasteiger partial charge >= 0.3 is 0 Å². The summed E-state index contributed by atoms with van der Waals surface area (Å²) in [5.41, 5.74) is 7.45. The molecule has 1 rings (SSSR count). The smallest absolute Gasteiger partial charge is 0.251 e. The third-order valence-electron chi connectivity index (χ3n) is 3.64. The molecule has 0 atom stereocenters. The van der Waals surface area contributed by atoms with Gasteiger partial charge in [-0.25, -0.2) is 0 Å². The topological polar surface area (TPSA) is 55.1 Å². The van der Waals surface area contributed by atoms with Crippen LogP contribution in [0.2, 0.25) is 0 Å². The zero-order valence-electron chi connectivity index (χ0n) is 13.0. The molecular formula is C17H28N2O. The van der Waals surface area contributed by atoms with Gasteiger partial charge in [0.2, 0.25) is 0 Å². The second-order valence-corrected chi connectivity index (χ2v) is 6.21. The lowest BCUT2D eigenvalue weighted by Gasteiger charge is -2.25. The van der Waals surface area contributed by atoms with Crippen molar-refractivity contribution in [1.29, 1.82) is 0 Å². The molecule has 0 radical (unpaired) electrons. The van der Waals surface area contributed by atoms with Gasteiger partial charge in [0, 0.05) is 18.7 Å². The van der Waals surface area contributed by atoms with Crippen LogP contribution in [0.25, 0.3) is 0 Å². The molecule has 1 aromatic carbocycles. The summed E-state index contributed by atoms with van der Waals surface area (Å²) < 4.78 is 0. The average molecular weight is 276 g/mol. The molecular weight excluding hydrogens is 248 g/mol. The molecule has 3 heteroatoms. The van der Waals surface area contributed by atoms with Gasteiger partial charge in [-0.15, -0.1) is 0 Å². The van der Waals surface area contributed by atoms with Crippen molar-refractivity contribution in [2.24, 2.45) is 11.1 Å². The molecule has 0 heterocycles. The minimum absolute atomic E-state index is 0.00265. The van der Waals surface area contributed by atoms with Crippen LogP contribution in [0.3, 0.4) is 0 Å². The number of unbranched alkanes of at least 4 members (excludes halogenated alkanes) is 2. The van der Waals surface area contributed by atoms with Crippen LogP contribution in [0.1, 0.15) is 62.4 Å². The van der Waals surface area contributed by atoms with E-state index in [0.29, 0.717) is 18.7 Å². The maximum Gasteiger partial charge on any atom is 0.251 e. The van der Waals surface area contributed by atoms with Crippen molar-refractivity contribution in [3.63, 3.8) is 0 Å². The Hall–Kier alpha value is -1.35. The van der Waals surface area contributed by atoms with E-state index in [1.54, 1.807) is 0 Å². The lowest BCUT2D eigenvalue weighted by molar-refractivity contribution is 0.0934. The van der Waals surface area contributed by atoms with Crippen LogP contribution in [-0.2, 0) is 6.54 Å². The second kappa shape index (κ2) is 8.05. The molecule has 0 aliphatic carbocycles. The van der Waals surface area contributed by atoms with E-state index in [4.69, 9.17) is 5.73 Å². The maximum atomic E-state index is 12.1. The van der Waals surface area contributed by atoms with Crippen LogP contribution >= 0.6 is 0 Å². The first kappa shape index (κ1) is 16.7. The predicted octanol–water partition coefficient (Wildman–Crippen LogP) is 3.48. The van der Waals surface area contributed by atoms with Gasteiger partial charge in [-0.1, -0.05) is 52.2 Å². The number of amides is 1. The number of carbonyl (C=O) groups excluding carboxylic acids is 1. The molecule has 0 saturated carbocycles. The molecule has 0 aliphatic heterocycles. The average Bonchev–Trinajstić information content (AvgIpc) is 2.45. The minimum Gasteiger partial charge on any atom is -0.352 e. The van der Waals surface area contributed by atoms with Crippen molar-refractivity contribution >= 4 is 5.91 Å². The summed E-state index contributed by atoms with van der Waals surface area (Å²) in [5, 5.41) is 3.03. The van der Waals surface area contributed by atoms with Crippen molar-refractivity contribution < 1.29 is 4.79 Å². The molecule has 0 bridgehead atoms. The summed E-state index contributed by atoms with van der Waals surface area (Å²) in [5.74, 6) is -0.00265. The molecule has 20 heavy (non-hydrogen) atoms. The zero-order valence-corrected chi connectivity index (χ0v) is 13.0. The highest BCUT2D eigenvalue weighted by Gasteiger charge is 2.18. The fraction of sp³-hybridized carbons (Fsp3) is 0.588. The van der Waals surface area contributed by atoms with Crippen LogP contribution in [0, 0.1) is 5.41 Å². The first-order valence-electron chi connectivity index (χ1n) is 7.56. The maximum absolute atomic E-state index is 12.1. The Labute approximate surface area is 122 Å². The van der Waals surface area contributed by atoms with Gasteiger partial charge in [0.1, 0.15) is 0 Å². The number of nitrogens with two attached hydrogens (primary N) is 1. The number of rotatable bonds is 8. The molecule has 3 N–H and O–H groups in total. The number of carbonyl (C=O) groups is 1. The molecule has 0 saturated heterocycles. The molecule has 0 unspecified atom stereocenters. The summed E-state index contributed by atoms with van der Waals surface area (Å²) in [6.07, 6.45) is 4.87. The van der Waals surface area contributed by atoms with E-state index in [1.165, 1.54) is 19.3 Å². The van der Waals surface area contributed by atoms with E-state index in [2.05, 4.69) is 26.1 Å². The monoisotopic (exact) mass is 276 g/mol. The lowest BCUT2D eigenvalue weighted by Crippen LogP contribution is -2.34. The van der Waals surface area contributed by atoms with Crippen molar-refractivity contribution in [1.82, 2.24) is 5.32 Å². The number of benzene rings is 1. The van der Waals surface area contributed by atoms with Crippen molar-refractivity contribution in [3.8, 4) is 0 Å². The Morgan fingerprint density at radius 1 is 1.20 bits per heavy atom. The number of nitrogens with one attached hydrogen (secondary N) is 1. The first-order valence-corrected chi connectivity index (χ1v) is 7.56. The van der Waals surface area contributed by atoms with Gasteiger partial charge in [-0.05, 0) is 29.5 Å². The van der Waals surface area contributed by atoms with Gasteiger partial charge in [0.05, 0.1) is 0 Å². The Bertz CT molecular complexity index is 410. The van der Waals surface area contributed by atoms with Crippen LogP contribution < -0.4 is 11.1 Å². The molecule has 0 spiro atoms. The predicted molar refractivity (Wildman–Crippen MR) is 84.6 cm³/mol. The summed E-state index contributed by atoms with van der Waals surface area (Å²) >= 11 is 0. The van der Waals surface area contributed by atoms with E-state index in [9.17, 15) is 4.79 Å². The van der Waals surface area contributed by atoms with Crippen LogP contribution in [0.4, 0.5) is 0 Å². The molecule has 0 aromatic heterocycles. The van der Waals surface area contributed by atoms with Crippen LogP contribution in [0.15, 0.2) is 24.3 Å². The zero-order chi connectivity index (χ0) is 15.0.